The number of imidazole rings is 1. The molecule has 1 aliphatic heterocycles. The van der Waals surface area contributed by atoms with Crippen LogP contribution >= 0.6 is 0 Å². The summed E-state index contributed by atoms with van der Waals surface area (Å²) in [5.74, 6) is 2.79. The van der Waals surface area contributed by atoms with Crippen molar-refractivity contribution in [2.45, 2.75) is 33.9 Å². The summed E-state index contributed by atoms with van der Waals surface area (Å²) in [6.45, 7) is 8.48. The first kappa shape index (κ1) is 15.6. The third-order valence-corrected chi connectivity index (χ3v) is 5.00. The maximum absolute atomic E-state index is 4.60. The number of hydrogen-bond acceptors (Lipinski definition) is 5. The first-order valence-electron chi connectivity index (χ1n) is 8.43. The first-order chi connectivity index (χ1) is 12.0. The van der Waals surface area contributed by atoms with E-state index in [4.69, 9.17) is 0 Å². The van der Waals surface area contributed by atoms with Gasteiger partial charge >= 0.3 is 0 Å². The van der Waals surface area contributed by atoms with Crippen LogP contribution < -0.4 is 9.80 Å². The molecule has 6 heteroatoms. The largest absolute Gasteiger partial charge is 0.336 e. The standard InChI is InChI=1S/C19H22N6/c1-12-10-16(24-9-8-20-14(24)3)13(2)17(11-12)25-15(4)23(5)18-19(25)22-7-6-21-18/h6-11,15H,1-5H3/t15-/m0/s1. The Labute approximate surface area is 147 Å². The molecule has 2 aromatic heterocycles. The molecule has 0 fully saturated rings. The van der Waals surface area contributed by atoms with Crippen molar-refractivity contribution in [3.05, 3.63) is 53.9 Å². The summed E-state index contributed by atoms with van der Waals surface area (Å²) < 4.78 is 2.13. The lowest BCUT2D eigenvalue weighted by Crippen LogP contribution is -2.36. The quantitative estimate of drug-likeness (QED) is 0.718. The minimum absolute atomic E-state index is 0.148. The Morgan fingerprint density at radius 3 is 2.24 bits per heavy atom. The van der Waals surface area contributed by atoms with Crippen molar-refractivity contribution in [2.24, 2.45) is 0 Å². The molecule has 1 aromatic carbocycles. The van der Waals surface area contributed by atoms with Crippen LogP contribution in [0.2, 0.25) is 0 Å². The van der Waals surface area contributed by atoms with Gasteiger partial charge in [0.15, 0.2) is 11.6 Å². The fraction of sp³-hybridized carbons (Fsp3) is 0.316. The fourth-order valence-corrected chi connectivity index (χ4v) is 3.54. The van der Waals surface area contributed by atoms with Crippen LogP contribution in [-0.4, -0.2) is 32.7 Å². The second-order valence-corrected chi connectivity index (χ2v) is 6.59. The van der Waals surface area contributed by atoms with E-state index in [9.17, 15) is 0 Å². The second-order valence-electron chi connectivity index (χ2n) is 6.59. The van der Waals surface area contributed by atoms with Crippen LogP contribution in [0.1, 0.15) is 23.9 Å². The minimum Gasteiger partial charge on any atom is -0.336 e. The molecule has 0 spiro atoms. The number of hydrogen-bond donors (Lipinski definition) is 0. The number of anilines is 3. The van der Waals surface area contributed by atoms with Gasteiger partial charge in [0, 0.05) is 37.5 Å². The molecule has 0 amide bonds. The normalized spacial score (nSPS) is 16.4. The molecule has 0 aliphatic carbocycles. The Hall–Kier alpha value is -2.89. The minimum atomic E-state index is 0.148. The van der Waals surface area contributed by atoms with Gasteiger partial charge in [0.1, 0.15) is 12.0 Å². The third kappa shape index (κ3) is 2.28. The van der Waals surface area contributed by atoms with Crippen molar-refractivity contribution in [2.75, 3.05) is 16.8 Å². The Balaban J connectivity index is 1.93. The Bertz CT molecular complexity index is 945. The molecule has 0 N–H and O–H groups in total. The Morgan fingerprint density at radius 2 is 1.56 bits per heavy atom. The summed E-state index contributed by atoms with van der Waals surface area (Å²) in [7, 11) is 2.06. The van der Waals surface area contributed by atoms with Crippen molar-refractivity contribution in [1.29, 1.82) is 0 Å². The molecule has 0 radical (unpaired) electrons. The highest BCUT2D eigenvalue weighted by molar-refractivity contribution is 5.80. The number of benzene rings is 1. The molecular weight excluding hydrogens is 312 g/mol. The van der Waals surface area contributed by atoms with E-state index >= 15 is 0 Å². The highest BCUT2D eigenvalue weighted by atomic mass is 15.5. The van der Waals surface area contributed by atoms with E-state index in [2.05, 4.69) is 69.3 Å². The SMILES string of the molecule is Cc1cc(N2c3nccnc3N(C)[C@@H]2C)c(C)c(-n2ccnc2C)c1. The highest BCUT2D eigenvalue weighted by Crippen LogP contribution is 2.42. The van der Waals surface area contributed by atoms with Gasteiger partial charge in [-0.1, -0.05) is 0 Å². The van der Waals surface area contributed by atoms with Gasteiger partial charge in [0.25, 0.3) is 0 Å². The Morgan fingerprint density at radius 1 is 0.880 bits per heavy atom. The van der Waals surface area contributed by atoms with E-state index in [1.54, 1.807) is 12.4 Å². The predicted octanol–water partition coefficient (Wildman–Crippen LogP) is 3.52. The van der Waals surface area contributed by atoms with Gasteiger partial charge in [0.05, 0.1) is 5.69 Å². The van der Waals surface area contributed by atoms with Crippen LogP contribution in [0, 0.1) is 20.8 Å². The lowest BCUT2D eigenvalue weighted by atomic mass is 10.1. The summed E-state index contributed by atoms with van der Waals surface area (Å²) in [6.07, 6.45) is 7.49. The fourth-order valence-electron chi connectivity index (χ4n) is 3.54. The van der Waals surface area contributed by atoms with Crippen LogP contribution in [0.25, 0.3) is 5.69 Å². The number of aromatic nitrogens is 4. The molecule has 3 heterocycles. The van der Waals surface area contributed by atoms with Gasteiger partial charge in [0.2, 0.25) is 0 Å². The van der Waals surface area contributed by atoms with Gasteiger partial charge in [-0.3, -0.25) is 0 Å². The molecule has 0 saturated heterocycles. The summed E-state index contributed by atoms with van der Waals surface area (Å²) in [4.78, 5) is 17.9. The lowest BCUT2D eigenvalue weighted by molar-refractivity contribution is 0.725. The predicted molar refractivity (Wildman–Crippen MR) is 99.8 cm³/mol. The van der Waals surface area contributed by atoms with Crippen LogP contribution in [0.15, 0.2) is 36.9 Å². The molecule has 0 saturated carbocycles. The molecule has 1 atom stereocenters. The zero-order valence-electron chi connectivity index (χ0n) is 15.2. The van der Waals surface area contributed by atoms with E-state index in [-0.39, 0.29) is 6.17 Å². The van der Waals surface area contributed by atoms with Crippen molar-refractivity contribution in [3.63, 3.8) is 0 Å². The van der Waals surface area contributed by atoms with E-state index < -0.39 is 0 Å². The first-order valence-corrected chi connectivity index (χ1v) is 8.43. The van der Waals surface area contributed by atoms with E-state index in [0.717, 1.165) is 28.8 Å². The molecule has 128 valence electrons. The topological polar surface area (TPSA) is 50.1 Å². The van der Waals surface area contributed by atoms with Crippen molar-refractivity contribution in [3.8, 4) is 5.69 Å². The Kier molecular flexibility index (Phi) is 3.49. The molecule has 0 unspecified atom stereocenters. The number of rotatable bonds is 2. The maximum Gasteiger partial charge on any atom is 0.178 e. The molecule has 4 rings (SSSR count). The average molecular weight is 334 g/mol. The van der Waals surface area contributed by atoms with Gasteiger partial charge in [-0.25, -0.2) is 15.0 Å². The zero-order chi connectivity index (χ0) is 17.7. The number of aryl methyl sites for hydroxylation is 2. The summed E-state index contributed by atoms with van der Waals surface area (Å²) in [5.41, 5.74) is 4.71. The molecule has 0 bridgehead atoms. The van der Waals surface area contributed by atoms with Crippen molar-refractivity contribution in [1.82, 2.24) is 19.5 Å². The van der Waals surface area contributed by atoms with Crippen molar-refractivity contribution >= 4 is 17.3 Å². The van der Waals surface area contributed by atoms with E-state index in [0.29, 0.717) is 0 Å². The monoisotopic (exact) mass is 334 g/mol. The van der Waals surface area contributed by atoms with Gasteiger partial charge < -0.3 is 14.4 Å². The number of fused-ring (bicyclic) bond motifs is 1. The van der Waals surface area contributed by atoms with Crippen LogP contribution in [0.5, 0.6) is 0 Å². The van der Waals surface area contributed by atoms with Crippen LogP contribution in [0.3, 0.4) is 0 Å². The summed E-state index contributed by atoms with van der Waals surface area (Å²) in [5, 5.41) is 0. The molecule has 25 heavy (non-hydrogen) atoms. The molecule has 3 aromatic rings. The smallest absolute Gasteiger partial charge is 0.178 e. The summed E-state index contributed by atoms with van der Waals surface area (Å²) >= 11 is 0. The highest BCUT2D eigenvalue weighted by Gasteiger charge is 2.35. The van der Waals surface area contributed by atoms with Crippen LogP contribution in [-0.2, 0) is 0 Å². The maximum atomic E-state index is 4.60. The van der Waals surface area contributed by atoms with Gasteiger partial charge in [-0.05, 0) is 51.0 Å². The van der Waals surface area contributed by atoms with E-state index in [1.807, 2.05) is 19.3 Å². The number of nitrogens with zero attached hydrogens (tertiary/aromatic N) is 6. The third-order valence-electron chi connectivity index (χ3n) is 5.00. The summed E-state index contributed by atoms with van der Waals surface area (Å²) in [6, 6.07) is 4.43. The van der Waals surface area contributed by atoms with Gasteiger partial charge in [-0.15, -0.1) is 0 Å². The lowest BCUT2D eigenvalue weighted by Gasteiger charge is -2.29. The van der Waals surface area contributed by atoms with E-state index in [1.165, 1.54) is 11.1 Å². The van der Waals surface area contributed by atoms with Crippen molar-refractivity contribution < 1.29 is 0 Å². The molecule has 1 aliphatic rings. The van der Waals surface area contributed by atoms with Crippen LogP contribution in [0.4, 0.5) is 17.3 Å². The molecular formula is C19H22N6. The average Bonchev–Trinajstić information content (AvgIpc) is 3.12. The van der Waals surface area contributed by atoms with Gasteiger partial charge in [-0.2, -0.15) is 0 Å². The zero-order valence-corrected chi connectivity index (χ0v) is 15.2. The second kappa shape index (κ2) is 5.58. The molecule has 6 nitrogen and oxygen atoms in total.